The van der Waals surface area contributed by atoms with Crippen LogP contribution in [0.3, 0.4) is 0 Å². The Balaban J connectivity index is 1.39. The molecule has 0 radical (unpaired) electrons. The molecule has 0 unspecified atom stereocenters. The minimum Gasteiger partial charge on any atom is -0.541 e. The van der Waals surface area contributed by atoms with Crippen LogP contribution in [0, 0.1) is 11.8 Å². The highest BCUT2D eigenvalue weighted by Gasteiger charge is 2.32. The number of carboxylic acid groups (broad SMARTS) is 1. The zero-order valence-corrected chi connectivity index (χ0v) is 15.8. The normalized spacial score (nSPS) is 21.9. The highest BCUT2D eigenvalue weighted by molar-refractivity contribution is 5.82. The third kappa shape index (κ3) is 4.09. The molecule has 2 aromatic rings. The highest BCUT2D eigenvalue weighted by Crippen LogP contribution is 2.27. The van der Waals surface area contributed by atoms with Gasteiger partial charge in [-0.1, -0.05) is 29.4 Å². The number of nitrogens with two attached hydrogens (primary N) is 1. The second-order valence-electron chi connectivity index (χ2n) is 7.83. The molecule has 1 aromatic carbocycles. The number of carboxylic acids is 1. The molecule has 2 atom stereocenters. The number of quaternary nitrogens is 1. The van der Waals surface area contributed by atoms with Crippen LogP contribution in [0.25, 0.3) is 0 Å². The van der Waals surface area contributed by atoms with Gasteiger partial charge in [-0.2, -0.15) is 0 Å². The summed E-state index contributed by atoms with van der Waals surface area (Å²) in [4.78, 5) is 25.8. The van der Waals surface area contributed by atoms with Crippen LogP contribution in [0.15, 0.2) is 34.9 Å². The van der Waals surface area contributed by atoms with Crippen LogP contribution in [0.5, 0.6) is 0 Å². The van der Waals surface area contributed by atoms with Crippen molar-refractivity contribution >= 4 is 11.9 Å². The van der Waals surface area contributed by atoms with Gasteiger partial charge in [-0.05, 0) is 23.5 Å². The Morgan fingerprint density at radius 1 is 1.25 bits per heavy atom. The van der Waals surface area contributed by atoms with Gasteiger partial charge < -0.3 is 24.6 Å². The largest absolute Gasteiger partial charge is 0.541 e. The lowest BCUT2D eigenvalue weighted by Gasteiger charge is -2.33. The van der Waals surface area contributed by atoms with Gasteiger partial charge in [-0.15, -0.1) is 0 Å². The molecule has 4 rings (SSSR count). The van der Waals surface area contributed by atoms with E-state index in [0.29, 0.717) is 25.1 Å². The van der Waals surface area contributed by atoms with E-state index in [1.54, 1.807) is 0 Å². The Morgan fingerprint density at radius 3 is 2.86 bits per heavy atom. The minimum atomic E-state index is -1.36. The van der Waals surface area contributed by atoms with Crippen LogP contribution in [0.1, 0.15) is 40.2 Å². The topological polar surface area (TPSA) is 103 Å². The predicted molar refractivity (Wildman–Crippen MR) is 98.0 cm³/mol. The summed E-state index contributed by atoms with van der Waals surface area (Å²) in [6, 6.07) is 9.76. The molecule has 2 aliphatic rings. The highest BCUT2D eigenvalue weighted by atomic mass is 16.5. The summed E-state index contributed by atoms with van der Waals surface area (Å²) in [5.74, 6) is -0.838. The fourth-order valence-corrected chi connectivity index (χ4v) is 4.45. The van der Waals surface area contributed by atoms with Gasteiger partial charge >= 0.3 is 0 Å². The second kappa shape index (κ2) is 8.14. The van der Waals surface area contributed by atoms with E-state index in [1.165, 1.54) is 17.2 Å². The number of carbonyl (C=O) groups excluding carboxylic acids is 2. The van der Waals surface area contributed by atoms with Crippen LogP contribution >= 0.6 is 0 Å². The lowest BCUT2D eigenvalue weighted by molar-refractivity contribution is -0.672. The molecule has 0 aliphatic carbocycles. The van der Waals surface area contributed by atoms with E-state index < -0.39 is 5.97 Å². The summed E-state index contributed by atoms with van der Waals surface area (Å²) in [7, 11) is 0. The fourth-order valence-electron chi connectivity index (χ4n) is 4.45. The van der Waals surface area contributed by atoms with Crippen molar-refractivity contribution in [2.24, 2.45) is 11.8 Å². The molecule has 1 aromatic heterocycles. The molecule has 3 heterocycles. The first kappa shape index (κ1) is 18.7. The van der Waals surface area contributed by atoms with Crippen molar-refractivity contribution in [1.82, 2.24) is 10.1 Å². The number of carbonyl (C=O) groups is 2. The number of rotatable bonds is 5. The van der Waals surface area contributed by atoms with Gasteiger partial charge in [0.1, 0.15) is 5.97 Å². The Kier molecular flexibility index (Phi) is 5.43. The number of aromatic nitrogens is 1. The number of hydrogen-bond acceptors (Lipinski definition) is 5. The molecule has 1 saturated heterocycles. The van der Waals surface area contributed by atoms with Crippen molar-refractivity contribution < 1.29 is 24.5 Å². The van der Waals surface area contributed by atoms with Crippen molar-refractivity contribution in [3.05, 3.63) is 52.9 Å². The number of nitrogens with zero attached hydrogens (tertiary/aromatic N) is 2. The molecule has 0 saturated carbocycles. The summed E-state index contributed by atoms with van der Waals surface area (Å²) in [6.45, 7) is 3.39. The number of amides is 1. The van der Waals surface area contributed by atoms with Crippen molar-refractivity contribution in [3.63, 3.8) is 0 Å². The minimum absolute atomic E-state index is 0.210. The number of piperidine rings is 1. The molecule has 1 amide bonds. The zero-order chi connectivity index (χ0) is 19.5. The van der Waals surface area contributed by atoms with Crippen molar-refractivity contribution in [1.29, 1.82) is 0 Å². The van der Waals surface area contributed by atoms with E-state index in [1.807, 2.05) is 11.0 Å². The van der Waals surface area contributed by atoms with Crippen molar-refractivity contribution in [2.75, 3.05) is 19.6 Å². The van der Waals surface area contributed by atoms with Crippen LogP contribution < -0.4 is 10.4 Å². The zero-order valence-electron chi connectivity index (χ0n) is 15.8. The SMILES string of the molecule is O=C([O-])c1cc(C[C@H]2C[NH2+]CC[C@H]2CC(=O)N2CCc3ccccc3C2)no1. The number of hydrogen-bond donors (Lipinski definition) is 1. The Bertz CT molecular complexity index is 863. The maximum Gasteiger partial charge on any atom is 0.223 e. The second-order valence-corrected chi connectivity index (χ2v) is 7.83. The van der Waals surface area contributed by atoms with Crippen molar-refractivity contribution in [2.45, 2.75) is 32.2 Å². The third-order valence-corrected chi connectivity index (χ3v) is 6.03. The van der Waals surface area contributed by atoms with Crippen LogP contribution in [0.4, 0.5) is 0 Å². The van der Waals surface area contributed by atoms with Gasteiger partial charge in [0.2, 0.25) is 5.91 Å². The van der Waals surface area contributed by atoms with Gasteiger partial charge in [0.05, 0.1) is 18.8 Å². The molecule has 2 N–H and O–H groups in total. The number of aromatic carboxylic acids is 1. The molecule has 7 nitrogen and oxygen atoms in total. The van der Waals surface area contributed by atoms with Gasteiger partial charge in [0.15, 0.2) is 5.76 Å². The van der Waals surface area contributed by atoms with E-state index in [9.17, 15) is 14.7 Å². The maximum absolute atomic E-state index is 13.0. The first-order chi connectivity index (χ1) is 13.6. The summed E-state index contributed by atoms with van der Waals surface area (Å²) < 4.78 is 4.81. The lowest BCUT2D eigenvalue weighted by atomic mass is 9.81. The summed E-state index contributed by atoms with van der Waals surface area (Å²) in [5, 5.41) is 17.0. The van der Waals surface area contributed by atoms with Crippen LogP contribution in [-0.4, -0.2) is 41.6 Å². The molecule has 148 valence electrons. The fraction of sp³-hybridized carbons (Fsp3) is 0.476. The molecule has 0 spiro atoms. The molecule has 0 bridgehead atoms. The van der Waals surface area contributed by atoms with E-state index >= 15 is 0 Å². The summed E-state index contributed by atoms with van der Waals surface area (Å²) in [5.41, 5.74) is 3.20. The quantitative estimate of drug-likeness (QED) is 0.767. The summed E-state index contributed by atoms with van der Waals surface area (Å²) >= 11 is 0. The number of fused-ring (bicyclic) bond motifs is 1. The van der Waals surface area contributed by atoms with E-state index in [-0.39, 0.29) is 23.5 Å². The smallest absolute Gasteiger partial charge is 0.223 e. The lowest BCUT2D eigenvalue weighted by Crippen LogP contribution is -2.88. The van der Waals surface area contributed by atoms with Gasteiger partial charge in [-0.25, -0.2) is 0 Å². The van der Waals surface area contributed by atoms with E-state index in [2.05, 4.69) is 28.7 Å². The molecule has 1 fully saturated rings. The van der Waals surface area contributed by atoms with Gasteiger partial charge in [-0.3, -0.25) is 4.79 Å². The van der Waals surface area contributed by atoms with Crippen LogP contribution in [0.2, 0.25) is 0 Å². The Morgan fingerprint density at radius 2 is 2.07 bits per heavy atom. The number of benzene rings is 1. The monoisotopic (exact) mass is 383 g/mol. The third-order valence-electron chi connectivity index (χ3n) is 6.03. The molecule has 28 heavy (non-hydrogen) atoms. The van der Waals surface area contributed by atoms with Gasteiger partial charge in [0, 0.05) is 44.3 Å². The molecule has 7 heteroatoms. The molecule has 2 aliphatic heterocycles. The van der Waals surface area contributed by atoms with Crippen molar-refractivity contribution in [3.8, 4) is 0 Å². The van der Waals surface area contributed by atoms with Crippen LogP contribution in [-0.2, 0) is 24.2 Å². The Hall–Kier alpha value is -2.67. The van der Waals surface area contributed by atoms with E-state index in [0.717, 1.165) is 32.5 Å². The summed E-state index contributed by atoms with van der Waals surface area (Å²) in [6.07, 6.45) is 3.04. The first-order valence-electron chi connectivity index (χ1n) is 9.93. The average Bonchev–Trinajstić information content (AvgIpc) is 3.18. The predicted octanol–water partition coefficient (Wildman–Crippen LogP) is -0.245. The molecular weight excluding hydrogens is 358 g/mol. The standard InChI is InChI=1S/C21H25N3O4/c25-20(24-8-6-14-3-1-2-4-16(14)13-24)10-15-5-7-22-12-17(15)9-18-11-19(21(26)27)28-23-18/h1-4,11,15,17,22H,5-10,12-13H2,(H,26,27)/t15-,17-/m0/s1. The molecular formula is C21H25N3O4. The Labute approximate surface area is 163 Å². The first-order valence-corrected chi connectivity index (χ1v) is 9.93. The average molecular weight is 383 g/mol. The van der Waals surface area contributed by atoms with Gasteiger partial charge in [0.25, 0.3) is 0 Å². The maximum atomic E-state index is 13.0. The van der Waals surface area contributed by atoms with E-state index in [4.69, 9.17) is 4.52 Å².